The number of benzene rings is 2. The quantitative estimate of drug-likeness (QED) is 0.687. The Morgan fingerprint density at radius 1 is 1.13 bits per heavy atom. The van der Waals surface area contributed by atoms with Crippen molar-refractivity contribution in [2.75, 3.05) is 32.1 Å². The number of nitrogens with one attached hydrogen (secondary N) is 1. The van der Waals surface area contributed by atoms with Crippen LogP contribution in [0.5, 0.6) is 11.5 Å². The number of halogens is 2. The topological polar surface area (TPSA) is 84.9 Å². The fourth-order valence-corrected chi connectivity index (χ4v) is 5.05. The molecule has 1 heterocycles. The van der Waals surface area contributed by atoms with E-state index < -0.39 is 21.7 Å². The minimum absolute atomic E-state index is 0.00722. The number of hydrogen-bond donors (Lipinski definition) is 1. The second kappa shape index (κ2) is 9.63. The van der Waals surface area contributed by atoms with Crippen molar-refractivity contribution in [1.82, 2.24) is 4.31 Å². The minimum Gasteiger partial charge on any atom is -0.495 e. The lowest BCUT2D eigenvalue weighted by Gasteiger charge is -2.26. The number of piperidine rings is 1. The smallest absolute Gasteiger partial charge is 0.262 e. The van der Waals surface area contributed by atoms with Gasteiger partial charge in [-0.2, -0.15) is 4.31 Å². The van der Waals surface area contributed by atoms with Crippen LogP contribution in [0.25, 0.3) is 0 Å². The molecule has 0 bridgehead atoms. The van der Waals surface area contributed by atoms with Crippen LogP contribution < -0.4 is 14.8 Å². The lowest BCUT2D eigenvalue weighted by molar-refractivity contribution is -0.118. The molecule has 7 nitrogen and oxygen atoms in total. The van der Waals surface area contributed by atoms with Crippen LogP contribution in [0.15, 0.2) is 41.3 Å². The van der Waals surface area contributed by atoms with Crippen molar-refractivity contribution in [3.05, 3.63) is 47.2 Å². The molecule has 0 unspecified atom stereocenters. The van der Waals surface area contributed by atoms with Gasteiger partial charge < -0.3 is 14.8 Å². The van der Waals surface area contributed by atoms with Gasteiger partial charge in [0, 0.05) is 18.8 Å². The number of nitrogens with zero attached hydrogens (tertiary/aromatic N) is 1. The Morgan fingerprint density at radius 3 is 2.50 bits per heavy atom. The predicted octanol–water partition coefficient (Wildman–Crippen LogP) is 3.68. The summed E-state index contributed by atoms with van der Waals surface area (Å²) in [6, 6.07) is 7.96. The predicted molar refractivity (Wildman–Crippen MR) is 111 cm³/mol. The number of rotatable bonds is 7. The Kier molecular flexibility index (Phi) is 7.17. The van der Waals surface area contributed by atoms with Gasteiger partial charge in [-0.15, -0.1) is 0 Å². The summed E-state index contributed by atoms with van der Waals surface area (Å²) < 4.78 is 51.1. The SMILES string of the molecule is COc1ccc(NC(=O)COc2ccc(F)cc2Cl)cc1S(=O)(=O)N1CCCCC1. The van der Waals surface area contributed by atoms with E-state index >= 15 is 0 Å². The highest BCUT2D eigenvalue weighted by Gasteiger charge is 2.29. The lowest BCUT2D eigenvalue weighted by atomic mass is 10.2. The highest BCUT2D eigenvalue weighted by Crippen LogP contribution is 2.31. The van der Waals surface area contributed by atoms with E-state index in [9.17, 15) is 17.6 Å². The molecule has 1 saturated heterocycles. The largest absolute Gasteiger partial charge is 0.495 e. The van der Waals surface area contributed by atoms with Gasteiger partial charge in [0.05, 0.1) is 12.1 Å². The van der Waals surface area contributed by atoms with Crippen LogP contribution in [0.2, 0.25) is 5.02 Å². The van der Waals surface area contributed by atoms with E-state index in [0.717, 1.165) is 25.3 Å². The van der Waals surface area contributed by atoms with Crippen LogP contribution in [-0.4, -0.2) is 45.4 Å². The third-order valence-corrected chi connectivity index (χ3v) is 6.85. The van der Waals surface area contributed by atoms with Crippen molar-refractivity contribution < 1.29 is 27.1 Å². The zero-order valence-corrected chi connectivity index (χ0v) is 17.9. The second-order valence-corrected chi connectivity index (χ2v) is 9.06. The van der Waals surface area contributed by atoms with Crippen LogP contribution in [0.1, 0.15) is 19.3 Å². The first-order valence-corrected chi connectivity index (χ1v) is 11.2. The van der Waals surface area contributed by atoms with Gasteiger partial charge in [0.1, 0.15) is 22.2 Å². The highest BCUT2D eigenvalue weighted by molar-refractivity contribution is 7.89. The Balaban J connectivity index is 1.73. The molecule has 162 valence electrons. The number of sulfonamides is 1. The Bertz CT molecular complexity index is 1030. The van der Waals surface area contributed by atoms with Crippen molar-refractivity contribution in [3.63, 3.8) is 0 Å². The molecule has 0 spiro atoms. The zero-order valence-electron chi connectivity index (χ0n) is 16.4. The molecule has 2 aromatic carbocycles. The molecule has 0 atom stereocenters. The molecule has 0 saturated carbocycles. The lowest BCUT2D eigenvalue weighted by Crippen LogP contribution is -2.35. The van der Waals surface area contributed by atoms with E-state index in [4.69, 9.17) is 21.1 Å². The molecule has 3 rings (SSSR count). The van der Waals surface area contributed by atoms with Crippen molar-refractivity contribution in [2.45, 2.75) is 24.2 Å². The van der Waals surface area contributed by atoms with Gasteiger partial charge in [-0.3, -0.25) is 4.79 Å². The molecule has 1 fully saturated rings. The van der Waals surface area contributed by atoms with Gasteiger partial charge in [-0.1, -0.05) is 18.0 Å². The van der Waals surface area contributed by atoms with Crippen molar-refractivity contribution >= 4 is 33.2 Å². The number of ether oxygens (including phenoxy) is 2. The molecule has 1 N–H and O–H groups in total. The van der Waals surface area contributed by atoms with E-state index in [1.54, 1.807) is 0 Å². The van der Waals surface area contributed by atoms with Crippen molar-refractivity contribution in [3.8, 4) is 11.5 Å². The van der Waals surface area contributed by atoms with E-state index in [2.05, 4.69) is 5.32 Å². The Labute approximate surface area is 179 Å². The monoisotopic (exact) mass is 456 g/mol. The number of amides is 1. The van der Waals surface area contributed by atoms with E-state index in [-0.39, 0.29) is 33.7 Å². The summed E-state index contributed by atoms with van der Waals surface area (Å²) in [7, 11) is -2.36. The molecule has 0 aliphatic carbocycles. The van der Waals surface area contributed by atoms with E-state index in [1.165, 1.54) is 41.7 Å². The Morgan fingerprint density at radius 2 is 1.83 bits per heavy atom. The number of hydrogen-bond acceptors (Lipinski definition) is 5. The van der Waals surface area contributed by atoms with Gasteiger partial charge in [0.25, 0.3) is 5.91 Å². The second-order valence-electron chi connectivity index (χ2n) is 6.74. The molecule has 1 aliphatic rings. The molecule has 10 heteroatoms. The first-order valence-electron chi connectivity index (χ1n) is 9.37. The van der Waals surface area contributed by atoms with Crippen LogP contribution in [0.4, 0.5) is 10.1 Å². The molecule has 2 aromatic rings. The number of carbonyl (C=O) groups excluding carboxylic acids is 1. The van der Waals surface area contributed by atoms with Gasteiger partial charge in [-0.05, 0) is 49.2 Å². The average Bonchev–Trinajstić information content (AvgIpc) is 2.73. The zero-order chi connectivity index (χ0) is 21.7. The standard InChI is InChI=1S/C20H22ClFN2O5S/c1-28-18-8-6-15(12-19(18)30(26,27)24-9-3-2-4-10-24)23-20(25)13-29-17-7-5-14(22)11-16(17)21/h5-8,11-12H,2-4,9-10,13H2,1H3,(H,23,25). The minimum atomic E-state index is -3.76. The van der Waals surface area contributed by atoms with Gasteiger partial charge in [0.2, 0.25) is 10.0 Å². The molecule has 0 radical (unpaired) electrons. The summed E-state index contributed by atoms with van der Waals surface area (Å²) in [5, 5.41) is 2.63. The van der Waals surface area contributed by atoms with E-state index in [0.29, 0.717) is 13.1 Å². The summed E-state index contributed by atoms with van der Waals surface area (Å²) >= 11 is 5.87. The van der Waals surface area contributed by atoms with Crippen LogP contribution >= 0.6 is 11.6 Å². The van der Waals surface area contributed by atoms with Crippen LogP contribution in [-0.2, 0) is 14.8 Å². The third-order valence-electron chi connectivity index (χ3n) is 4.63. The molecule has 30 heavy (non-hydrogen) atoms. The summed E-state index contributed by atoms with van der Waals surface area (Å²) in [5.41, 5.74) is 0.283. The summed E-state index contributed by atoms with van der Waals surface area (Å²) in [5.74, 6) is -0.677. The fourth-order valence-electron chi connectivity index (χ4n) is 3.13. The molecule has 1 aliphatic heterocycles. The normalized spacial score (nSPS) is 14.9. The van der Waals surface area contributed by atoms with E-state index in [1.807, 2.05) is 0 Å². The molecule has 0 aromatic heterocycles. The van der Waals surface area contributed by atoms with Gasteiger partial charge in [0.15, 0.2) is 6.61 Å². The Hall–Kier alpha value is -2.36. The van der Waals surface area contributed by atoms with Gasteiger partial charge >= 0.3 is 0 Å². The third kappa shape index (κ3) is 5.21. The van der Waals surface area contributed by atoms with Crippen molar-refractivity contribution in [2.24, 2.45) is 0 Å². The van der Waals surface area contributed by atoms with Gasteiger partial charge in [-0.25, -0.2) is 12.8 Å². The average molecular weight is 457 g/mol. The summed E-state index contributed by atoms with van der Waals surface area (Å²) in [4.78, 5) is 12.2. The van der Waals surface area contributed by atoms with Crippen LogP contribution in [0, 0.1) is 5.82 Å². The highest BCUT2D eigenvalue weighted by atomic mass is 35.5. The first kappa shape index (κ1) is 22.3. The number of carbonyl (C=O) groups is 1. The molecular weight excluding hydrogens is 435 g/mol. The van der Waals surface area contributed by atoms with Crippen molar-refractivity contribution in [1.29, 1.82) is 0 Å². The molecule has 1 amide bonds. The van der Waals surface area contributed by atoms with Crippen LogP contribution in [0.3, 0.4) is 0 Å². The number of methoxy groups -OCH3 is 1. The maximum Gasteiger partial charge on any atom is 0.262 e. The first-order chi connectivity index (χ1) is 14.3. The maximum atomic E-state index is 13.1. The number of anilines is 1. The maximum absolute atomic E-state index is 13.1. The summed E-state index contributed by atoms with van der Waals surface area (Å²) in [6.45, 7) is 0.522. The summed E-state index contributed by atoms with van der Waals surface area (Å²) in [6.07, 6.45) is 2.61. The molecular formula is C20H22ClFN2O5S. The fraction of sp³-hybridized carbons (Fsp3) is 0.350.